The molecule has 0 unspecified atom stereocenters. The Kier molecular flexibility index (Phi) is 3.63. The second-order valence-corrected chi connectivity index (χ2v) is 7.86. The number of hydrogen-bond donors (Lipinski definition) is 1. The number of hydrogen-bond acceptors (Lipinski definition) is 4. The SMILES string of the molecule is CC(=O)c1ccc(C2=C/C(=C3\C(=O)Nc4cc(F)ccc43)OC2(C)C)s1. The Bertz CT molecular complexity index is 1030. The number of carbonyl (C=O) groups is 2. The van der Waals surface area contributed by atoms with Crippen molar-refractivity contribution in [3.63, 3.8) is 0 Å². The topological polar surface area (TPSA) is 55.4 Å². The lowest BCUT2D eigenvalue weighted by Gasteiger charge is -2.22. The molecule has 1 amide bonds. The third-order valence-corrected chi connectivity index (χ3v) is 5.70. The number of Topliss-reactive ketones (excluding diaryl/α,β-unsaturated/α-hetero) is 1. The van der Waals surface area contributed by atoms with Gasteiger partial charge in [-0.15, -0.1) is 11.3 Å². The predicted molar refractivity (Wildman–Crippen MR) is 99.4 cm³/mol. The van der Waals surface area contributed by atoms with Gasteiger partial charge in [-0.25, -0.2) is 4.39 Å². The lowest BCUT2D eigenvalue weighted by atomic mass is 9.98. The average Bonchev–Trinajstić information content (AvgIpc) is 3.21. The molecule has 1 aromatic carbocycles. The van der Waals surface area contributed by atoms with Crippen LogP contribution in [0.15, 0.2) is 42.2 Å². The van der Waals surface area contributed by atoms with Gasteiger partial charge in [0.2, 0.25) is 0 Å². The Hall–Kier alpha value is -2.73. The monoisotopic (exact) mass is 369 g/mol. The highest BCUT2D eigenvalue weighted by Crippen LogP contribution is 2.45. The summed E-state index contributed by atoms with van der Waals surface area (Å²) in [7, 11) is 0. The summed E-state index contributed by atoms with van der Waals surface area (Å²) in [5, 5.41) is 2.68. The number of benzene rings is 1. The molecular weight excluding hydrogens is 353 g/mol. The summed E-state index contributed by atoms with van der Waals surface area (Å²) >= 11 is 1.40. The van der Waals surface area contributed by atoms with Gasteiger partial charge in [-0.05, 0) is 57.2 Å². The van der Waals surface area contributed by atoms with E-state index in [9.17, 15) is 14.0 Å². The van der Waals surface area contributed by atoms with E-state index in [4.69, 9.17) is 4.74 Å². The van der Waals surface area contributed by atoms with Crippen molar-refractivity contribution in [2.24, 2.45) is 0 Å². The standard InChI is InChI=1S/C20H16FNO3S/c1-10(23)16-6-7-17(26-16)13-9-15(25-20(13,2)3)18-12-5-4-11(21)8-14(12)22-19(18)24/h4-9H,1-3H3,(H,22,24)/b18-15+. The number of allylic oxidation sites excluding steroid dienone is 1. The fourth-order valence-electron chi connectivity index (χ4n) is 3.22. The summed E-state index contributed by atoms with van der Waals surface area (Å²) < 4.78 is 19.5. The molecule has 0 saturated heterocycles. The zero-order valence-electron chi connectivity index (χ0n) is 14.5. The van der Waals surface area contributed by atoms with E-state index in [-0.39, 0.29) is 11.7 Å². The number of carbonyl (C=O) groups excluding carboxylic acids is 2. The first-order chi connectivity index (χ1) is 12.3. The van der Waals surface area contributed by atoms with E-state index in [2.05, 4.69) is 5.32 Å². The van der Waals surface area contributed by atoms with Gasteiger partial charge in [-0.2, -0.15) is 0 Å². The summed E-state index contributed by atoms with van der Waals surface area (Å²) in [6.45, 7) is 5.36. The van der Waals surface area contributed by atoms with Gasteiger partial charge in [0.05, 0.1) is 16.1 Å². The highest BCUT2D eigenvalue weighted by atomic mass is 32.1. The Morgan fingerprint density at radius 3 is 2.69 bits per heavy atom. The molecule has 1 N–H and O–H groups in total. The fraction of sp³-hybridized carbons (Fsp3) is 0.200. The van der Waals surface area contributed by atoms with Crippen molar-refractivity contribution >= 4 is 39.9 Å². The van der Waals surface area contributed by atoms with Gasteiger partial charge in [0.15, 0.2) is 5.78 Å². The second kappa shape index (κ2) is 5.64. The molecule has 2 aliphatic rings. The summed E-state index contributed by atoms with van der Waals surface area (Å²) in [4.78, 5) is 25.6. The molecule has 132 valence electrons. The number of fused-ring (bicyclic) bond motifs is 1. The van der Waals surface area contributed by atoms with Crippen LogP contribution in [0.2, 0.25) is 0 Å². The third kappa shape index (κ3) is 2.57. The molecule has 1 aromatic heterocycles. The van der Waals surface area contributed by atoms with E-state index in [0.717, 1.165) is 10.5 Å². The number of halogens is 1. The molecule has 0 aliphatic carbocycles. The quantitative estimate of drug-likeness (QED) is 0.619. The van der Waals surface area contributed by atoms with Crippen LogP contribution in [0.25, 0.3) is 11.1 Å². The average molecular weight is 369 g/mol. The zero-order valence-corrected chi connectivity index (χ0v) is 15.3. The highest BCUT2D eigenvalue weighted by Gasteiger charge is 2.38. The molecule has 0 spiro atoms. The molecule has 0 saturated carbocycles. The van der Waals surface area contributed by atoms with Crippen LogP contribution in [0.4, 0.5) is 10.1 Å². The van der Waals surface area contributed by atoms with Gasteiger partial charge >= 0.3 is 0 Å². The Labute approximate surface area is 154 Å². The molecular formula is C20H16FNO3S. The minimum Gasteiger partial charge on any atom is -0.482 e. The van der Waals surface area contributed by atoms with Crippen molar-refractivity contribution in [1.29, 1.82) is 0 Å². The first-order valence-electron chi connectivity index (χ1n) is 8.14. The largest absolute Gasteiger partial charge is 0.482 e. The smallest absolute Gasteiger partial charge is 0.260 e. The Morgan fingerprint density at radius 2 is 2.00 bits per heavy atom. The number of nitrogens with one attached hydrogen (secondary N) is 1. The molecule has 0 fully saturated rings. The van der Waals surface area contributed by atoms with E-state index >= 15 is 0 Å². The van der Waals surface area contributed by atoms with Crippen molar-refractivity contribution in [3.05, 3.63) is 63.3 Å². The number of ether oxygens (including phenoxy) is 1. The summed E-state index contributed by atoms with van der Waals surface area (Å²) in [6, 6.07) is 7.88. The maximum atomic E-state index is 13.4. The minimum atomic E-state index is -0.649. The van der Waals surface area contributed by atoms with Crippen LogP contribution in [0.5, 0.6) is 0 Å². The predicted octanol–water partition coefficient (Wildman–Crippen LogP) is 4.65. The number of rotatable bonds is 2. The molecule has 2 aliphatic heterocycles. The second-order valence-electron chi connectivity index (χ2n) is 6.77. The number of thiophene rings is 1. The van der Waals surface area contributed by atoms with E-state index in [0.29, 0.717) is 27.5 Å². The molecule has 4 rings (SSSR count). The van der Waals surface area contributed by atoms with Crippen LogP contribution in [0, 0.1) is 5.82 Å². The Balaban J connectivity index is 1.84. The van der Waals surface area contributed by atoms with Crippen LogP contribution in [-0.2, 0) is 9.53 Å². The van der Waals surface area contributed by atoms with Crippen molar-refractivity contribution in [2.45, 2.75) is 26.4 Å². The van der Waals surface area contributed by atoms with Gasteiger partial charge in [-0.3, -0.25) is 9.59 Å². The van der Waals surface area contributed by atoms with E-state index < -0.39 is 11.4 Å². The van der Waals surface area contributed by atoms with E-state index in [1.165, 1.54) is 30.4 Å². The van der Waals surface area contributed by atoms with Gasteiger partial charge in [0.1, 0.15) is 17.2 Å². The van der Waals surface area contributed by atoms with Crippen LogP contribution in [0.1, 0.15) is 40.9 Å². The molecule has 0 atom stereocenters. The first-order valence-corrected chi connectivity index (χ1v) is 8.96. The van der Waals surface area contributed by atoms with Crippen molar-refractivity contribution < 1.29 is 18.7 Å². The minimum absolute atomic E-state index is 0.0169. The normalized spacial score (nSPS) is 20.5. The van der Waals surface area contributed by atoms with Crippen LogP contribution in [0.3, 0.4) is 0 Å². The lowest BCUT2D eigenvalue weighted by Crippen LogP contribution is -2.20. The maximum Gasteiger partial charge on any atom is 0.260 e. The lowest BCUT2D eigenvalue weighted by molar-refractivity contribution is -0.111. The maximum absolute atomic E-state index is 13.4. The van der Waals surface area contributed by atoms with Crippen molar-refractivity contribution in [3.8, 4) is 0 Å². The van der Waals surface area contributed by atoms with E-state index in [1.807, 2.05) is 26.0 Å². The molecule has 0 bridgehead atoms. The van der Waals surface area contributed by atoms with Crippen LogP contribution >= 0.6 is 11.3 Å². The highest BCUT2D eigenvalue weighted by molar-refractivity contribution is 7.15. The summed E-state index contributed by atoms with van der Waals surface area (Å²) in [6.07, 6.45) is 1.84. The molecule has 26 heavy (non-hydrogen) atoms. The van der Waals surface area contributed by atoms with E-state index in [1.54, 1.807) is 12.1 Å². The molecule has 4 nitrogen and oxygen atoms in total. The molecule has 0 radical (unpaired) electrons. The summed E-state index contributed by atoms with van der Waals surface area (Å²) in [5.74, 6) is -0.257. The van der Waals surface area contributed by atoms with Gasteiger partial charge in [0.25, 0.3) is 5.91 Å². The first kappa shape index (κ1) is 16.7. The fourth-order valence-corrected chi connectivity index (χ4v) is 4.28. The van der Waals surface area contributed by atoms with Crippen molar-refractivity contribution in [2.75, 3.05) is 5.32 Å². The van der Waals surface area contributed by atoms with Gasteiger partial charge in [-0.1, -0.05) is 0 Å². The van der Waals surface area contributed by atoms with Crippen LogP contribution in [-0.4, -0.2) is 17.3 Å². The molecule has 3 heterocycles. The van der Waals surface area contributed by atoms with Gasteiger partial charge in [0, 0.05) is 16.0 Å². The number of ketones is 1. The third-order valence-electron chi connectivity index (χ3n) is 4.48. The Morgan fingerprint density at radius 1 is 1.23 bits per heavy atom. The number of anilines is 1. The molecule has 2 aromatic rings. The van der Waals surface area contributed by atoms with Crippen molar-refractivity contribution in [1.82, 2.24) is 0 Å². The zero-order chi connectivity index (χ0) is 18.6. The van der Waals surface area contributed by atoms with Gasteiger partial charge < -0.3 is 10.1 Å². The molecule has 6 heteroatoms. The number of amides is 1. The summed E-state index contributed by atoms with van der Waals surface area (Å²) in [5.41, 5.74) is 1.71. The van der Waals surface area contributed by atoms with Crippen LogP contribution < -0.4 is 5.32 Å².